The summed E-state index contributed by atoms with van der Waals surface area (Å²) in [6, 6.07) is 4.44. The maximum absolute atomic E-state index is 5.64. The minimum Gasteiger partial charge on any atom is -0.384 e. The van der Waals surface area contributed by atoms with Gasteiger partial charge in [0.05, 0.1) is 12.2 Å². The van der Waals surface area contributed by atoms with Crippen LogP contribution in [-0.4, -0.2) is 14.8 Å². The lowest BCUT2D eigenvalue weighted by Crippen LogP contribution is -1.92. The SMILES string of the molecule is Nc1cc(-c2cnn(C3CC3)c2)ccn1. The van der Waals surface area contributed by atoms with Crippen LogP contribution in [0.1, 0.15) is 18.9 Å². The number of hydrogen-bond acceptors (Lipinski definition) is 3. The van der Waals surface area contributed by atoms with Crippen LogP contribution < -0.4 is 5.73 Å². The van der Waals surface area contributed by atoms with Crippen molar-refractivity contribution in [3.63, 3.8) is 0 Å². The van der Waals surface area contributed by atoms with Crippen LogP contribution in [0.2, 0.25) is 0 Å². The van der Waals surface area contributed by atoms with Crippen LogP contribution in [0.4, 0.5) is 5.82 Å². The molecule has 0 atom stereocenters. The molecule has 15 heavy (non-hydrogen) atoms. The van der Waals surface area contributed by atoms with E-state index >= 15 is 0 Å². The van der Waals surface area contributed by atoms with Gasteiger partial charge in [0.15, 0.2) is 0 Å². The average Bonchev–Trinajstić information content (AvgIpc) is 2.97. The predicted octanol–water partition coefficient (Wildman–Crippen LogP) is 1.86. The van der Waals surface area contributed by atoms with Gasteiger partial charge in [0.1, 0.15) is 5.82 Å². The van der Waals surface area contributed by atoms with E-state index in [9.17, 15) is 0 Å². The Labute approximate surface area is 87.7 Å². The molecule has 3 rings (SSSR count). The molecule has 4 nitrogen and oxygen atoms in total. The van der Waals surface area contributed by atoms with Crippen LogP contribution in [0.25, 0.3) is 11.1 Å². The van der Waals surface area contributed by atoms with Gasteiger partial charge in [-0.3, -0.25) is 4.68 Å². The molecular formula is C11H12N4. The molecule has 0 unspecified atom stereocenters. The van der Waals surface area contributed by atoms with Gasteiger partial charge in [-0.15, -0.1) is 0 Å². The fourth-order valence-corrected chi connectivity index (χ4v) is 1.65. The van der Waals surface area contributed by atoms with Crippen LogP contribution in [0.3, 0.4) is 0 Å². The highest BCUT2D eigenvalue weighted by atomic mass is 15.3. The molecule has 2 N–H and O–H groups in total. The minimum atomic E-state index is 0.548. The molecular weight excluding hydrogens is 188 g/mol. The standard InChI is InChI=1S/C11H12N4/c12-11-5-8(3-4-13-11)9-6-14-15(7-9)10-1-2-10/h3-7,10H,1-2H2,(H2,12,13). The number of rotatable bonds is 2. The number of aromatic nitrogens is 3. The molecule has 2 heterocycles. The van der Waals surface area contributed by atoms with Gasteiger partial charge in [0, 0.05) is 18.0 Å². The molecule has 1 saturated carbocycles. The monoisotopic (exact) mass is 200 g/mol. The highest BCUT2D eigenvalue weighted by Gasteiger charge is 2.24. The molecule has 4 heteroatoms. The topological polar surface area (TPSA) is 56.7 Å². The molecule has 76 valence electrons. The summed E-state index contributed by atoms with van der Waals surface area (Å²) in [7, 11) is 0. The van der Waals surface area contributed by atoms with E-state index in [4.69, 9.17) is 5.73 Å². The zero-order chi connectivity index (χ0) is 10.3. The van der Waals surface area contributed by atoms with Crippen molar-refractivity contribution in [1.29, 1.82) is 0 Å². The summed E-state index contributed by atoms with van der Waals surface area (Å²) in [5.74, 6) is 0.548. The number of nitrogens with two attached hydrogens (primary N) is 1. The van der Waals surface area contributed by atoms with Gasteiger partial charge in [-0.05, 0) is 30.5 Å². The van der Waals surface area contributed by atoms with Gasteiger partial charge in [0.25, 0.3) is 0 Å². The summed E-state index contributed by atoms with van der Waals surface area (Å²) in [5, 5.41) is 4.34. The van der Waals surface area contributed by atoms with E-state index in [1.807, 2.05) is 23.0 Å². The van der Waals surface area contributed by atoms with Gasteiger partial charge in [0.2, 0.25) is 0 Å². The highest BCUT2D eigenvalue weighted by molar-refractivity contribution is 5.64. The van der Waals surface area contributed by atoms with Crippen LogP contribution >= 0.6 is 0 Å². The van der Waals surface area contributed by atoms with Crippen LogP contribution in [-0.2, 0) is 0 Å². The second-order valence-electron chi connectivity index (χ2n) is 3.91. The quantitative estimate of drug-likeness (QED) is 0.805. The third-order valence-corrected chi connectivity index (χ3v) is 2.64. The maximum Gasteiger partial charge on any atom is 0.123 e. The summed E-state index contributed by atoms with van der Waals surface area (Å²) in [6.45, 7) is 0. The predicted molar refractivity (Wildman–Crippen MR) is 58.1 cm³/mol. The summed E-state index contributed by atoms with van der Waals surface area (Å²) in [6.07, 6.45) is 8.18. The molecule has 0 amide bonds. The number of hydrogen-bond donors (Lipinski definition) is 1. The number of anilines is 1. The second kappa shape index (κ2) is 3.08. The molecule has 0 bridgehead atoms. The zero-order valence-electron chi connectivity index (χ0n) is 8.30. The first kappa shape index (κ1) is 8.47. The first-order valence-corrected chi connectivity index (χ1v) is 5.09. The Kier molecular flexibility index (Phi) is 1.74. The number of nitrogen functional groups attached to an aromatic ring is 1. The molecule has 2 aromatic rings. The van der Waals surface area contributed by atoms with E-state index in [-0.39, 0.29) is 0 Å². The molecule has 1 aliphatic rings. The molecule has 0 saturated heterocycles. The lowest BCUT2D eigenvalue weighted by Gasteiger charge is -1.97. The van der Waals surface area contributed by atoms with Gasteiger partial charge in [-0.2, -0.15) is 5.10 Å². The van der Waals surface area contributed by atoms with E-state index in [0.29, 0.717) is 11.9 Å². The summed E-state index contributed by atoms with van der Waals surface area (Å²) in [5.41, 5.74) is 7.82. The molecule has 0 aliphatic heterocycles. The Bertz CT molecular complexity index is 485. The van der Waals surface area contributed by atoms with Gasteiger partial charge in [-0.1, -0.05) is 0 Å². The van der Waals surface area contributed by atoms with Crippen molar-refractivity contribution in [3.05, 3.63) is 30.7 Å². The Balaban J connectivity index is 1.97. The van der Waals surface area contributed by atoms with Crippen molar-refractivity contribution < 1.29 is 0 Å². The third kappa shape index (κ3) is 1.58. The Morgan fingerprint density at radius 3 is 2.93 bits per heavy atom. The van der Waals surface area contributed by atoms with Gasteiger partial charge >= 0.3 is 0 Å². The molecule has 0 radical (unpaired) electrons. The lowest BCUT2D eigenvalue weighted by atomic mass is 10.1. The molecule has 0 aromatic carbocycles. The summed E-state index contributed by atoms with van der Waals surface area (Å²) in [4.78, 5) is 3.97. The van der Waals surface area contributed by atoms with E-state index in [0.717, 1.165) is 11.1 Å². The van der Waals surface area contributed by atoms with Gasteiger partial charge in [-0.25, -0.2) is 4.98 Å². The fraction of sp³-hybridized carbons (Fsp3) is 0.273. The molecule has 0 spiro atoms. The Morgan fingerprint density at radius 1 is 1.33 bits per heavy atom. The minimum absolute atomic E-state index is 0.548. The first-order valence-electron chi connectivity index (χ1n) is 5.09. The van der Waals surface area contributed by atoms with Crippen molar-refractivity contribution in [1.82, 2.24) is 14.8 Å². The Morgan fingerprint density at radius 2 is 2.20 bits per heavy atom. The largest absolute Gasteiger partial charge is 0.384 e. The van der Waals surface area contributed by atoms with E-state index in [1.165, 1.54) is 12.8 Å². The maximum atomic E-state index is 5.64. The third-order valence-electron chi connectivity index (χ3n) is 2.64. The number of pyridine rings is 1. The van der Waals surface area contributed by atoms with E-state index in [2.05, 4.69) is 16.3 Å². The highest BCUT2D eigenvalue weighted by Crippen LogP contribution is 2.35. The normalized spacial score (nSPS) is 15.5. The molecule has 2 aromatic heterocycles. The zero-order valence-corrected chi connectivity index (χ0v) is 8.30. The average molecular weight is 200 g/mol. The lowest BCUT2D eigenvalue weighted by molar-refractivity contribution is 0.642. The van der Waals surface area contributed by atoms with Crippen molar-refractivity contribution >= 4 is 5.82 Å². The molecule has 1 fully saturated rings. The second-order valence-corrected chi connectivity index (χ2v) is 3.91. The fourth-order valence-electron chi connectivity index (χ4n) is 1.65. The van der Waals surface area contributed by atoms with E-state index < -0.39 is 0 Å². The van der Waals surface area contributed by atoms with Crippen molar-refractivity contribution in [3.8, 4) is 11.1 Å². The van der Waals surface area contributed by atoms with Crippen molar-refractivity contribution in [2.24, 2.45) is 0 Å². The van der Waals surface area contributed by atoms with Crippen molar-refractivity contribution in [2.45, 2.75) is 18.9 Å². The smallest absolute Gasteiger partial charge is 0.123 e. The van der Waals surface area contributed by atoms with Gasteiger partial charge < -0.3 is 5.73 Å². The van der Waals surface area contributed by atoms with Crippen molar-refractivity contribution in [2.75, 3.05) is 5.73 Å². The van der Waals surface area contributed by atoms with Crippen LogP contribution in [0.15, 0.2) is 30.7 Å². The summed E-state index contributed by atoms with van der Waals surface area (Å²) < 4.78 is 2.03. The van der Waals surface area contributed by atoms with E-state index in [1.54, 1.807) is 6.20 Å². The van der Waals surface area contributed by atoms with Crippen LogP contribution in [0.5, 0.6) is 0 Å². The first-order chi connectivity index (χ1) is 7.33. The van der Waals surface area contributed by atoms with Crippen LogP contribution in [0, 0.1) is 0 Å². The summed E-state index contributed by atoms with van der Waals surface area (Å²) >= 11 is 0. The molecule has 1 aliphatic carbocycles. The number of nitrogens with zero attached hydrogens (tertiary/aromatic N) is 3. The Hall–Kier alpha value is -1.84.